The Bertz CT molecular complexity index is 884. The highest BCUT2D eigenvalue weighted by atomic mass is 32.1. The molecule has 0 N–H and O–H groups in total. The number of hydrogen-bond acceptors (Lipinski definition) is 4. The van der Waals surface area contributed by atoms with E-state index < -0.39 is 0 Å². The summed E-state index contributed by atoms with van der Waals surface area (Å²) in [4.78, 5) is 15.1. The molecular weight excluding hydrogens is 318 g/mol. The van der Waals surface area contributed by atoms with E-state index in [9.17, 15) is 4.79 Å². The minimum absolute atomic E-state index is 0.0907. The maximum Gasteiger partial charge on any atom is 0.196 e. The van der Waals surface area contributed by atoms with Gasteiger partial charge in [-0.3, -0.25) is 4.79 Å². The van der Waals surface area contributed by atoms with Crippen LogP contribution in [-0.2, 0) is 0 Å². The average Bonchev–Trinajstić information content (AvgIpc) is 2.62. The summed E-state index contributed by atoms with van der Waals surface area (Å²) in [6.07, 6.45) is 0.990. The van der Waals surface area contributed by atoms with Crippen LogP contribution in [0.15, 0.2) is 47.3 Å². The molecule has 3 aromatic rings. The van der Waals surface area contributed by atoms with Crippen LogP contribution in [0.2, 0.25) is 0 Å². The van der Waals surface area contributed by atoms with Gasteiger partial charge in [-0.2, -0.15) is 0 Å². The molecule has 1 aromatic heterocycles. The zero-order valence-corrected chi connectivity index (χ0v) is 15.1. The molecule has 0 radical (unpaired) electrons. The standard InChI is InChI=1S/C20H23NO2S/c1-3-21(4-2)12-7-13-23-15-10-11-19-17(14-15)20(22)16-8-5-6-9-18(16)24-19/h5-6,8-11,14H,3-4,7,12-13H2,1-2H3. The Morgan fingerprint density at radius 1 is 1.00 bits per heavy atom. The highest BCUT2D eigenvalue weighted by Crippen LogP contribution is 2.27. The van der Waals surface area contributed by atoms with Crippen LogP contribution in [0.1, 0.15) is 20.3 Å². The smallest absolute Gasteiger partial charge is 0.196 e. The predicted molar refractivity (Wildman–Crippen MR) is 104 cm³/mol. The Morgan fingerprint density at radius 3 is 2.54 bits per heavy atom. The lowest BCUT2D eigenvalue weighted by molar-refractivity contribution is 0.249. The van der Waals surface area contributed by atoms with Crippen LogP contribution in [-0.4, -0.2) is 31.1 Å². The van der Waals surface area contributed by atoms with E-state index in [-0.39, 0.29) is 5.43 Å². The molecule has 126 valence electrons. The Labute approximate surface area is 146 Å². The van der Waals surface area contributed by atoms with Crippen LogP contribution in [0.3, 0.4) is 0 Å². The van der Waals surface area contributed by atoms with Crippen molar-refractivity contribution in [3.8, 4) is 5.75 Å². The van der Waals surface area contributed by atoms with E-state index in [0.29, 0.717) is 6.61 Å². The minimum Gasteiger partial charge on any atom is -0.494 e. The lowest BCUT2D eigenvalue weighted by Crippen LogP contribution is -2.25. The van der Waals surface area contributed by atoms with Crippen molar-refractivity contribution in [2.75, 3.05) is 26.2 Å². The molecular formula is C20H23NO2S. The van der Waals surface area contributed by atoms with Gasteiger partial charge in [-0.05, 0) is 49.8 Å². The zero-order chi connectivity index (χ0) is 16.9. The van der Waals surface area contributed by atoms with Crippen LogP contribution in [0, 0.1) is 0 Å². The van der Waals surface area contributed by atoms with E-state index in [2.05, 4.69) is 18.7 Å². The van der Waals surface area contributed by atoms with Crippen molar-refractivity contribution < 1.29 is 4.74 Å². The van der Waals surface area contributed by atoms with Crippen LogP contribution in [0.5, 0.6) is 5.75 Å². The zero-order valence-electron chi connectivity index (χ0n) is 14.2. The molecule has 0 bridgehead atoms. The summed E-state index contributed by atoms with van der Waals surface area (Å²) in [5, 5.41) is 1.54. The van der Waals surface area contributed by atoms with Crippen molar-refractivity contribution in [2.45, 2.75) is 20.3 Å². The average molecular weight is 341 g/mol. The van der Waals surface area contributed by atoms with Crippen molar-refractivity contribution in [2.24, 2.45) is 0 Å². The quantitative estimate of drug-likeness (QED) is 0.467. The Kier molecular flexibility index (Phi) is 5.48. The Morgan fingerprint density at radius 2 is 1.75 bits per heavy atom. The molecule has 0 spiro atoms. The first kappa shape index (κ1) is 16.9. The fourth-order valence-corrected chi connectivity index (χ4v) is 3.94. The summed E-state index contributed by atoms with van der Waals surface area (Å²) in [5.74, 6) is 0.779. The second-order valence-corrected chi connectivity index (χ2v) is 6.90. The second-order valence-electron chi connectivity index (χ2n) is 5.81. The van der Waals surface area contributed by atoms with Gasteiger partial charge in [-0.15, -0.1) is 11.3 Å². The first-order chi connectivity index (χ1) is 11.7. The monoisotopic (exact) mass is 341 g/mol. The van der Waals surface area contributed by atoms with Crippen LogP contribution in [0.4, 0.5) is 0 Å². The van der Waals surface area contributed by atoms with Gasteiger partial charge in [0.05, 0.1) is 6.61 Å². The molecule has 3 rings (SSSR count). The molecule has 0 aliphatic carbocycles. The third kappa shape index (κ3) is 3.60. The summed E-state index contributed by atoms with van der Waals surface area (Å²) in [6.45, 7) is 8.21. The molecule has 0 atom stereocenters. The third-order valence-electron chi connectivity index (χ3n) is 4.33. The number of benzene rings is 2. The highest BCUT2D eigenvalue weighted by molar-refractivity contribution is 7.24. The fourth-order valence-electron chi connectivity index (χ4n) is 2.89. The van der Waals surface area contributed by atoms with E-state index in [4.69, 9.17) is 4.74 Å². The fraction of sp³-hybridized carbons (Fsp3) is 0.350. The molecule has 0 aliphatic heterocycles. The van der Waals surface area contributed by atoms with E-state index in [0.717, 1.165) is 52.0 Å². The summed E-state index contributed by atoms with van der Waals surface area (Å²) in [6, 6.07) is 13.6. The molecule has 24 heavy (non-hydrogen) atoms. The number of ether oxygens (including phenoxy) is 1. The molecule has 0 saturated heterocycles. The van der Waals surface area contributed by atoms with Gasteiger partial charge < -0.3 is 9.64 Å². The van der Waals surface area contributed by atoms with Crippen molar-refractivity contribution in [3.63, 3.8) is 0 Å². The van der Waals surface area contributed by atoms with Crippen molar-refractivity contribution in [1.82, 2.24) is 4.90 Å². The van der Waals surface area contributed by atoms with E-state index in [1.165, 1.54) is 0 Å². The Hall–Kier alpha value is -1.91. The lowest BCUT2D eigenvalue weighted by Gasteiger charge is -2.17. The molecule has 0 aliphatic rings. The van der Waals surface area contributed by atoms with Crippen molar-refractivity contribution in [3.05, 3.63) is 52.7 Å². The summed E-state index contributed by atoms with van der Waals surface area (Å²) < 4.78 is 7.90. The van der Waals surface area contributed by atoms with Crippen molar-refractivity contribution in [1.29, 1.82) is 0 Å². The van der Waals surface area contributed by atoms with Gasteiger partial charge in [-0.1, -0.05) is 26.0 Å². The molecule has 1 heterocycles. The van der Waals surface area contributed by atoms with Gasteiger partial charge in [-0.25, -0.2) is 0 Å². The minimum atomic E-state index is 0.0907. The van der Waals surface area contributed by atoms with Crippen LogP contribution in [0.25, 0.3) is 20.2 Å². The number of rotatable bonds is 7. The SMILES string of the molecule is CCN(CC)CCCOc1ccc2sc3ccccc3c(=O)c2c1. The molecule has 2 aromatic carbocycles. The van der Waals surface area contributed by atoms with Crippen LogP contribution < -0.4 is 10.2 Å². The molecule has 4 heteroatoms. The maximum absolute atomic E-state index is 12.7. The third-order valence-corrected chi connectivity index (χ3v) is 5.48. The lowest BCUT2D eigenvalue weighted by atomic mass is 10.2. The second kappa shape index (κ2) is 7.77. The summed E-state index contributed by atoms with van der Waals surface area (Å²) >= 11 is 1.65. The normalized spacial score (nSPS) is 11.5. The van der Waals surface area contributed by atoms with Crippen molar-refractivity contribution >= 4 is 31.5 Å². The van der Waals surface area contributed by atoms with E-state index in [1.807, 2.05) is 42.5 Å². The largest absolute Gasteiger partial charge is 0.494 e. The topological polar surface area (TPSA) is 29.5 Å². The number of fused-ring (bicyclic) bond motifs is 2. The number of hydrogen-bond donors (Lipinski definition) is 0. The molecule has 3 nitrogen and oxygen atoms in total. The van der Waals surface area contributed by atoms with Gasteiger partial charge in [0.2, 0.25) is 0 Å². The molecule has 0 unspecified atom stereocenters. The number of nitrogens with zero attached hydrogens (tertiary/aromatic N) is 1. The summed E-state index contributed by atoms with van der Waals surface area (Å²) in [7, 11) is 0. The maximum atomic E-state index is 12.7. The van der Waals surface area contributed by atoms with E-state index >= 15 is 0 Å². The first-order valence-electron chi connectivity index (χ1n) is 8.53. The first-order valence-corrected chi connectivity index (χ1v) is 9.35. The van der Waals surface area contributed by atoms with Gasteiger partial charge in [0.25, 0.3) is 0 Å². The highest BCUT2D eigenvalue weighted by Gasteiger charge is 2.07. The van der Waals surface area contributed by atoms with Crippen LogP contribution >= 0.6 is 11.3 Å². The van der Waals surface area contributed by atoms with Gasteiger partial charge in [0, 0.05) is 26.7 Å². The molecule has 0 fully saturated rings. The molecule has 0 amide bonds. The van der Waals surface area contributed by atoms with E-state index in [1.54, 1.807) is 11.3 Å². The molecule has 0 saturated carbocycles. The van der Waals surface area contributed by atoms with Gasteiger partial charge in [0.15, 0.2) is 5.43 Å². The van der Waals surface area contributed by atoms with Gasteiger partial charge >= 0.3 is 0 Å². The summed E-state index contributed by atoms with van der Waals surface area (Å²) in [5.41, 5.74) is 0.0907. The Balaban J connectivity index is 1.77. The predicted octanol–water partition coefficient (Wildman–Crippen LogP) is 4.53. The van der Waals surface area contributed by atoms with Gasteiger partial charge in [0.1, 0.15) is 5.75 Å².